The highest BCUT2D eigenvalue weighted by Gasteiger charge is 2.18. The van der Waals surface area contributed by atoms with Crippen LogP contribution in [-0.4, -0.2) is 18.0 Å². The van der Waals surface area contributed by atoms with Gasteiger partial charge in [0, 0.05) is 11.9 Å². The van der Waals surface area contributed by atoms with E-state index >= 15 is 0 Å². The van der Waals surface area contributed by atoms with Crippen LogP contribution in [0.1, 0.15) is 43.6 Å². The van der Waals surface area contributed by atoms with Gasteiger partial charge in [0.1, 0.15) is 5.82 Å². The Bertz CT molecular complexity index is 363. The van der Waals surface area contributed by atoms with E-state index in [9.17, 15) is 4.39 Å². The molecule has 0 aromatic heterocycles. The highest BCUT2D eigenvalue weighted by atomic mass is 79.9. The number of benzene rings is 1. The van der Waals surface area contributed by atoms with E-state index in [1.165, 1.54) is 12.8 Å². The second-order valence-electron chi connectivity index (χ2n) is 4.94. The summed E-state index contributed by atoms with van der Waals surface area (Å²) in [5, 5.41) is 0.819. The van der Waals surface area contributed by atoms with E-state index < -0.39 is 0 Å². The fraction of sp³-hybridized carbons (Fsp3) is 0.600. The molecule has 1 aromatic rings. The molecule has 0 bridgehead atoms. The summed E-state index contributed by atoms with van der Waals surface area (Å²) in [6, 6.07) is 7.10. The van der Waals surface area contributed by atoms with Gasteiger partial charge in [-0.2, -0.15) is 0 Å². The van der Waals surface area contributed by atoms with Crippen molar-refractivity contribution in [3.05, 3.63) is 35.6 Å². The first-order valence-corrected chi connectivity index (χ1v) is 7.85. The fourth-order valence-electron chi connectivity index (χ4n) is 2.59. The summed E-state index contributed by atoms with van der Waals surface area (Å²) in [6.45, 7) is 0.917. The third-order valence-corrected chi connectivity index (χ3v) is 4.42. The van der Waals surface area contributed by atoms with Crippen molar-refractivity contribution in [2.45, 2.75) is 44.1 Å². The van der Waals surface area contributed by atoms with Crippen molar-refractivity contribution in [1.82, 2.24) is 0 Å². The van der Waals surface area contributed by atoms with E-state index in [0.29, 0.717) is 6.10 Å². The minimum Gasteiger partial charge on any atom is -0.378 e. The molecular weight excluding hydrogens is 295 g/mol. The molecule has 2 atom stereocenters. The third-order valence-electron chi connectivity index (χ3n) is 3.63. The highest BCUT2D eigenvalue weighted by Crippen LogP contribution is 2.28. The van der Waals surface area contributed by atoms with E-state index in [0.717, 1.165) is 36.8 Å². The maximum atomic E-state index is 13.7. The molecule has 0 spiro atoms. The van der Waals surface area contributed by atoms with Crippen LogP contribution in [0.25, 0.3) is 0 Å². The normalized spacial score (nSPS) is 21.1. The molecule has 3 heteroatoms. The number of rotatable bonds is 6. The standard InChI is InChI=1S/C15H20BrFO/c16-11-12(14-8-1-2-9-15(14)17)5-3-6-13-7-4-10-18-13/h1-2,8-9,12-13H,3-7,10-11H2. The molecule has 2 unspecified atom stereocenters. The van der Waals surface area contributed by atoms with Crippen LogP contribution < -0.4 is 0 Å². The molecular formula is C15H20BrFO. The fourth-order valence-corrected chi connectivity index (χ4v) is 3.26. The summed E-state index contributed by atoms with van der Waals surface area (Å²) in [4.78, 5) is 0. The van der Waals surface area contributed by atoms with Crippen molar-refractivity contribution in [2.75, 3.05) is 11.9 Å². The van der Waals surface area contributed by atoms with Gasteiger partial charge in [-0.15, -0.1) is 0 Å². The predicted octanol–water partition coefficient (Wildman–Crippen LogP) is 4.65. The van der Waals surface area contributed by atoms with Gasteiger partial charge in [0.2, 0.25) is 0 Å². The Balaban J connectivity index is 1.83. The number of ether oxygens (including phenoxy) is 1. The van der Waals surface area contributed by atoms with Gasteiger partial charge in [0.05, 0.1) is 6.10 Å². The molecule has 1 heterocycles. The molecule has 1 aliphatic rings. The Hall–Kier alpha value is -0.410. The van der Waals surface area contributed by atoms with Gasteiger partial charge in [0.15, 0.2) is 0 Å². The lowest BCUT2D eigenvalue weighted by Crippen LogP contribution is -2.07. The van der Waals surface area contributed by atoms with Crippen molar-refractivity contribution in [1.29, 1.82) is 0 Å². The molecule has 1 fully saturated rings. The van der Waals surface area contributed by atoms with Gasteiger partial charge in [0.25, 0.3) is 0 Å². The second-order valence-corrected chi connectivity index (χ2v) is 5.59. The Kier molecular flexibility index (Phi) is 5.64. The van der Waals surface area contributed by atoms with E-state index in [1.54, 1.807) is 12.1 Å². The zero-order chi connectivity index (χ0) is 12.8. The summed E-state index contributed by atoms with van der Waals surface area (Å²) in [5.41, 5.74) is 0.835. The predicted molar refractivity (Wildman–Crippen MR) is 75.8 cm³/mol. The van der Waals surface area contributed by atoms with Gasteiger partial charge >= 0.3 is 0 Å². The summed E-state index contributed by atoms with van der Waals surface area (Å²) in [6.07, 6.45) is 6.07. The van der Waals surface area contributed by atoms with Crippen molar-refractivity contribution in [3.63, 3.8) is 0 Å². The number of halogens is 2. The monoisotopic (exact) mass is 314 g/mol. The summed E-state index contributed by atoms with van der Waals surface area (Å²) >= 11 is 3.50. The molecule has 0 aliphatic carbocycles. The van der Waals surface area contributed by atoms with Crippen LogP contribution in [0.2, 0.25) is 0 Å². The first kappa shape index (κ1) is 14.0. The van der Waals surface area contributed by atoms with Crippen LogP contribution in [-0.2, 0) is 4.74 Å². The third kappa shape index (κ3) is 3.79. The zero-order valence-electron chi connectivity index (χ0n) is 10.6. The van der Waals surface area contributed by atoms with Crippen LogP contribution >= 0.6 is 15.9 Å². The first-order valence-electron chi connectivity index (χ1n) is 6.73. The van der Waals surface area contributed by atoms with E-state index in [-0.39, 0.29) is 11.7 Å². The quantitative estimate of drug-likeness (QED) is 0.694. The van der Waals surface area contributed by atoms with Crippen LogP contribution in [0.4, 0.5) is 4.39 Å². The van der Waals surface area contributed by atoms with Gasteiger partial charge in [-0.05, 0) is 43.2 Å². The van der Waals surface area contributed by atoms with Crippen LogP contribution in [0.3, 0.4) is 0 Å². The number of hydrogen-bond acceptors (Lipinski definition) is 1. The SMILES string of the molecule is Fc1ccccc1C(CBr)CCCC1CCCO1. The van der Waals surface area contributed by atoms with Crippen molar-refractivity contribution < 1.29 is 9.13 Å². The first-order chi connectivity index (χ1) is 8.81. The zero-order valence-corrected chi connectivity index (χ0v) is 12.2. The number of hydrogen-bond donors (Lipinski definition) is 0. The molecule has 0 amide bonds. The average molecular weight is 315 g/mol. The number of alkyl halides is 1. The molecule has 18 heavy (non-hydrogen) atoms. The van der Waals surface area contributed by atoms with Crippen molar-refractivity contribution >= 4 is 15.9 Å². The largest absolute Gasteiger partial charge is 0.378 e. The van der Waals surface area contributed by atoms with Crippen LogP contribution in [0.5, 0.6) is 0 Å². The van der Waals surface area contributed by atoms with Gasteiger partial charge in [-0.1, -0.05) is 40.5 Å². The lowest BCUT2D eigenvalue weighted by Gasteiger charge is -2.16. The lowest BCUT2D eigenvalue weighted by atomic mass is 9.94. The molecule has 0 saturated carbocycles. The van der Waals surface area contributed by atoms with Gasteiger partial charge < -0.3 is 4.74 Å². The molecule has 1 aliphatic heterocycles. The Morgan fingerprint density at radius 2 is 2.22 bits per heavy atom. The van der Waals surface area contributed by atoms with E-state index in [2.05, 4.69) is 15.9 Å². The molecule has 2 rings (SSSR count). The maximum Gasteiger partial charge on any atom is 0.126 e. The second kappa shape index (κ2) is 7.25. The van der Waals surface area contributed by atoms with Crippen LogP contribution in [0.15, 0.2) is 24.3 Å². The minimum atomic E-state index is -0.0842. The lowest BCUT2D eigenvalue weighted by molar-refractivity contribution is 0.102. The Labute approximate surface area is 117 Å². The molecule has 0 N–H and O–H groups in total. The molecule has 1 saturated heterocycles. The Morgan fingerprint density at radius 1 is 1.39 bits per heavy atom. The topological polar surface area (TPSA) is 9.23 Å². The minimum absolute atomic E-state index is 0.0842. The van der Waals surface area contributed by atoms with E-state index in [4.69, 9.17) is 4.74 Å². The molecule has 100 valence electrons. The summed E-state index contributed by atoms with van der Waals surface area (Å²) < 4.78 is 19.3. The maximum absolute atomic E-state index is 13.7. The summed E-state index contributed by atoms with van der Waals surface area (Å²) in [5.74, 6) is 0.187. The van der Waals surface area contributed by atoms with Crippen molar-refractivity contribution in [2.24, 2.45) is 0 Å². The molecule has 0 radical (unpaired) electrons. The average Bonchev–Trinajstić information content (AvgIpc) is 2.89. The van der Waals surface area contributed by atoms with Gasteiger partial charge in [-0.25, -0.2) is 4.39 Å². The smallest absolute Gasteiger partial charge is 0.126 e. The van der Waals surface area contributed by atoms with E-state index in [1.807, 2.05) is 12.1 Å². The van der Waals surface area contributed by atoms with Crippen LogP contribution in [0, 0.1) is 5.82 Å². The highest BCUT2D eigenvalue weighted by molar-refractivity contribution is 9.09. The Morgan fingerprint density at radius 3 is 2.89 bits per heavy atom. The summed E-state index contributed by atoms with van der Waals surface area (Å²) in [7, 11) is 0. The van der Waals surface area contributed by atoms with Crippen molar-refractivity contribution in [3.8, 4) is 0 Å². The molecule has 1 nitrogen and oxygen atoms in total. The molecule has 1 aromatic carbocycles. The van der Waals surface area contributed by atoms with Gasteiger partial charge in [-0.3, -0.25) is 0 Å².